The van der Waals surface area contributed by atoms with Crippen LogP contribution in [0.3, 0.4) is 0 Å². The van der Waals surface area contributed by atoms with Crippen LogP contribution in [-0.4, -0.2) is 37.0 Å². The largest absolute Gasteiger partial charge is 0.497 e. The summed E-state index contributed by atoms with van der Waals surface area (Å²) in [5.41, 5.74) is 0.302. The van der Waals surface area contributed by atoms with E-state index in [9.17, 15) is 17.6 Å². The number of pyridine rings is 1. The van der Waals surface area contributed by atoms with Crippen LogP contribution in [0.25, 0.3) is 22.2 Å². The number of H-pyrrole nitrogens is 1. The second-order valence-electron chi connectivity index (χ2n) is 7.70. The van der Waals surface area contributed by atoms with E-state index in [4.69, 9.17) is 16.3 Å². The molecule has 0 bridgehead atoms. The zero-order valence-electron chi connectivity index (χ0n) is 18.7. The minimum absolute atomic E-state index is 0.0758. The van der Waals surface area contributed by atoms with E-state index >= 15 is 4.39 Å². The summed E-state index contributed by atoms with van der Waals surface area (Å²) in [7, 11) is -2.47. The number of nitrogens with zero attached hydrogens (tertiary/aromatic N) is 1. The van der Waals surface area contributed by atoms with E-state index in [0.717, 1.165) is 12.1 Å². The van der Waals surface area contributed by atoms with Crippen LogP contribution in [0.15, 0.2) is 48.8 Å². The van der Waals surface area contributed by atoms with Crippen molar-refractivity contribution in [1.29, 1.82) is 0 Å². The molecule has 11 heteroatoms. The average molecular weight is 520 g/mol. The quantitative estimate of drug-likeness (QED) is 0.297. The number of carbonyl (C=O) groups excluding carboxylic acids is 1. The highest BCUT2D eigenvalue weighted by Crippen LogP contribution is 2.34. The number of rotatable bonds is 8. The molecule has 0 unspecified atom stereocenters. The molecule has 0 atom stereocenters. The molecule has 7 nitrogen and oxygen atoms in total. The standard InChI is InChI=1S/C24H20ClF2N3O4S/c1-3-8-35(32,33)30-22-20(26)7-6-16(21(22)27)23(31)18-12-29-24-17(18)9-13(11-28-24)15-5-4-14(34-2)10-19(15)25/h4-7,9-12,30H,3,8H2,1-2H3,(H,28,29). The van der Waals surface area contributed by atoms with Gasteiger partial charge in [-0.15, -0.1) is 0 Å². The molecule has 2 heterocycles. The number of hydrogen-bond acceptors (Lipinski definition) is 5. The van der Waals surface area contributed by atoms with Crippen molar-refractivity contribution in [1.82, 2.24) is 9.97 Å². The van der Waals surface area contributed by atoms with Crippen molar-refractivity contribution >= 4 is 44.1 Å². The number of sulfonamides is 1. The van der Waals surface area contributed by atoms with Crippen molar-refractivity contribution in [2.24, 2.45) is 0 Å². The highest BCUT2D eigenvalue weighted by atomic mass is 35.5. The van der Waals surface area contributed by atoms with Crippen molar-refractivity contribution < 1.29 is 26.7 Å². The lowest BCUT2D eigenvalue weighted by Crippen LogP contribution is -2.19. The number of aromatic nitrogens is 2. The van der Waals surface area contributed by atoms with E-state index in [-0.39, 0.29) is 17.7 Å². The number of hydrogen-bond donors (Lipinski definition) is 2. The molecule has 0 aliphatic carbocycles. The van der Waals surface area contributed by atoms with Crippen LogP contribution < -0.4 is 9.46 Å². The van der Waals surface area contributed by atoms with Gasteiger partial charge in [-0.25, -0.2) is 22.2 Å². The van der Waals surface area contributed by atoms with Gasteiger partial charge in [-0.1, -0.05) is 18.5 Å². The molecule has 0 aliphatic heterocycles. The van der Waals surface area contributed by atoms with Crippen LogP contribution in [0.5, 0.6) is 5.75 Å². The fourth-order valence-electron chi connectivity index (χ4n) is 3.64. The van der Waals surface area contributed by atoms with Crippen LogP contribution in [0.2, 0.25) is 5.02 Å². The molecule has 0 spiro atoms. The van der Waals surface area contributed by atoms with Crippen molar-refractivity contribution in [2.45, 2.75) is 13.3 Å². The van der Waals surface area contributed by atoms with Gasteiger partial charge < -0.3 is 9.72 Å². The Bertz CT molecular complexity index is 1550. The monoisotopic (exact) mass is 519 g/mol. The Labute approximate surface area is 205 Å². The zero-order chi connectivity index (χ0) is 25.3. The second kappa shape index (κ2) is 9.63. The lowest BCUT2D eigenvalue weighted by Gasteiger charge is -2.12. The van der Waals surface area contributed by atoms with E-state index in [1.54, 1.807) is 37.4 Å². The van der Waals surface area contributed by atoms with Gasteiger partial charge in [0.2, 0.25) is 10.0 Å². The van der Waals surface area contributed by atoms with Crippen molar-refractivity contribution in [2.75, 3.05) is 17.6 Å². The lowest BCUT2D eigenvalue weighted by molar-refractivity contribution is 0.103. The number of aromatic amines is 1. The van der Waals surface area contributed by atoms with Crippen molar-refractivity contribution in [3.05, 3.63) is 76.6 Å². The number of methoxy groups -OCH3 is 1. The summed E-state index contributed by atoms with van der Waals surface area (Å²) in [4.78, 5) is 20.4. The molecule has 4 rings (SSSR count). The number of fused-ring (bicyclic) bond motifs is 1. The number of halogens is 3. The van der Waals surface area contributed by atoms with Gasteiger partial charge in [-0.05, 0) is 42.8 Å². The van der Waals surface area contributed by atoms with E-state index in [1.165, 1.54) is 13.3 Å². The fourth-order valence-corrected chi connectivity index (χ4v) is 5.05. The molecule has 0 saturated carbocycles. The number of carbonyl (C=O) groups is 1. The number of ether oxygens (including phenoxy) is 1. The van der Waals surface area contributed by atoms with Crippen LogP contribution in [0.4, 0.5) is 14.5 Å². The Morgan fingerprint density at radius 3 is 2.63 bits per heavy atom. The first-order chi connectivity index (χ1) is 16.6. The molecule has 2 aromatic carbocycles. The van der Waals surface area contributed by atoms with Crippen LogP contribution >= 0.6 is 11.6 Å². The first kappa shape index (κ1) is 24.6. The predicted molar refractivity (Wildman–Crippen MR) is 131 cm³/mol. The van der Waals surface area contributed by atoms with E-state index < -0.39 is 38.7 Å². The average Bonchev–Trinajstić information content (AvgIpc) is 3.24. The Balaban J connectivity index is 1.77. The maximum Gasteiger partial charge on any atom is 0.232 e. The first-order valence-electron chi connectivity index (χ1n) is 10.5. The highest BCUT2D eigenvalue weighted by Gasteiger charge is 2.25. The first-order valence-corrected chi connectivity index (χ1v) is 12.5. The smallest absolute Gasteiger partial charge is 0.232 e. The minimum Gasteiger partial charge on any atom is -0.497 e. The van der Waals surface area contributed by atoms with Gasteiger partial charge in [0.05, 0.1) is 23.4 Å². The molecule has 2 N–H and O–H groups in total. The highest BCUT2D eigenvalue weighted by molar-refractivity contribution is 7.92. The molecule has 35 heavy (non-hydrogen) atoms. The molecular weight excluding hydrogens is 500 g/mol. The third-order valence-electron chi connectivity index (χ3n) is 5.33. The summed E-state index contributed by atoms with van der Waals surface area (Å²) in [6.45, 7) is 1.62. The summed E-state index contributed by atoms with van der Waals surface area (Å²) in [6.07, 6.45) is 3.18. The predicted octanol–water partition coefficient (Wildman–Crippen LogP) is 5.55. The molecule has 0 radical (unpaired) electrons. The minimum atomic E-state index is -3.98. The molecule has 182 valence electrons. The Kier molecular flexibility index (Phi) is 6.77. The summed E-state index contributed by atoms with van der Waals surface area (Å²) in [5.74, 6) is -2.96. The van der Waals surface area contributed by atoms with Gasteiger partial charge in [0.15, 0.2) is 11.6 Å². The van der Waals surface area contributed by atoms with Gasteiger partial charge in [0, 0.05) is 34.5 Å². The number of ketones is 1. The summed E-state index contributed by atoms with van der Waals surface area (Å²) >= 11 is 6.37. The third kappa shape index (κ3) is 4.85. The van der Waals surface area contributed by atoms with E-state index in [2.05, 4.69) is 9.97 Å². The maximum absolute atomic E-state index is 15.2. The topological polar surface area (TPSA) is 101 Å². The van der Waals surface area contributed by atoms with Gasteiger partial charge in [0.1, 0.15) is 22.9 Å². The Morgan fingerprint density at radius 2 is 1.94 bits per heavy atom. The third-order valence-corrected chi connectivity index (χ3v) is 7.10. The van der Waals surface area contributed by atoms with Crippen molar-refractivity contribution in [3.8, 4) is 16.9 Å². The number of benzene rings is 2. The van der Waals surface area contributed by atoms with Crippen LogP contribution in [-0.2, 0) is 10.0 Å². The lowest BCUT2D eigenvalue weighted by atomic mass is 10.00. The van der Waals surface area contributed by atoms with Crippen LogP contribution in [0.1, 0.15) is 29.3 Å². The van der Waals surface area contributed by atoms with E-state index in [1.807, 2.05) is 4.72 Å². The van der Waals surface area contributed by atoms with Gasteiger partial charge in [-0.2, -0.15) is 0 Å². The molecule has 4 aromatic rings. The van der Waals surface area contributed by atoms with Crippen molar-refractivity contribution in [3.63, 3.8) is 0 Å². The second-order valence-corrected chi connectivity index (χ2v) is 9.95. The van der Waals surface area contributed by atoms with Gasteiger partial charge in [-0.3, -0.25) is 9.52 Å². The molecule has 0 fully saturated rings. The Morgan fingerprint density at radius 1 is 1.17 bits per heavy atom. The molecule has 0 aliphatic rings. The van der Waals surface area contributed by atoms with Crippen LogP contribution in [0, 0.1) is 11.6 Å². The van der Waals surface area contributed by atoms with Gasteiger partial charge in [0.25, 0.3) is 0 Å². The fraction of sp³-hybridized carbons (Fsp3) is 0.167. The zero-order valence-corrected chi connectivity index (χ0v) is 20.2. The normalized spacial score (nSPS) is 11.6. The maximum atomic E-state index is 15.2. The van der Waals surface area contributed by atoms with Gasteiger partial charge >= 0.3 is 0 Å². The summed E-state index contributed by atoms with van der Waals surface area (Å²) in [6, 6.07) is 8.60. The molecule has 0 amide bonds. The molecule has 2 aromatic heterocycles. The summed E-state index contributed by atoms with van der Waals surface area (Å²) < 4.78 is 60.7. The Hall–Kier alpha value is -3.50. The van der Waals surface area contributed by atoms with E-state index in [0.29, 0.717) is 32.9 Å². The SMILES string of the molecule is CCCS(=O)(=O)Nc1c(F)ccc(C(=O)c2c[nH]c3ncc(-c4ccc(OC)cc4Cl)cc23)c1F. The molecule has 0 saturated heterocycles. The number of anilines is 1. The number of nitrogens with one attached hydrogen (secondary N) is 2. The summed E-state index contributed by atoms with van der Waals surface area (Å²) in [5, 5.41) is 0.790. The molecular formula is C24H20ClF2N3O4S.